The molecule has 1 aromatic carbocycles. The van der Waals surface area contributed by atoms with Gasteiger partial charge in [0.25, 0.3) is 0 Å². The maximum Gasteiger partial charge on any atom is 0.242 e. The Labute approximate surface area is 117 Å². The quantitative estimate of drug-likeness (QED) is 0.847. The first-order valence-corrected chi connectivity index (χ1v) is 7.76. The number of aliphatic hydroxyl groups excluding tert-OH is 1. The predicted octanol–water partition coefficient (Wildman–Crippen LogP) is 2.23. The average Bonchev–Trinajstić information content (AvgIpc) is 2.32. The summed E-state index contributed by atoms with van der Waals surface area (Å²) in [5.74, 6) is -0.550. The van der Waals surface area contributed by atoms with E-state index in [9.17, 15) is 12.8 Å². The van der Waals surface area contributed by atoms with E-state index >= 15 is 0 Å². The first-order valence-electron chi connectivity index (χ1n) is 5.90. The van der Waals surface area contributed by atoms with Crippen molar-refractivity contribution in [2.24, 2.45) is 0 Å². The largest absolute Gasteiger partial charge is 0.396 e. The standard InChI is InChI=1S/C12H17ClFNO3S/c1-3-9(4-5-16)15-19(17,18)12-6-8(2)11(14)7-10(12)13/h6-7,9,15-16H,3-5H2,1-2H3. The number of nitrogens with one attached hydrogen (secondary N) is 1. The van der Waals surface area contributed by atoms with Crippen LogP contribution in [-0.4, -0.2) is 26.2 Å². The lowest BCUT2D eigenvalue weighted by Crippen LogP contribution is -2.35. The Morgan fingerprint density at radius 3 is 2.63 bits per heavy atom. The van der Waals surface area contributed by atoms with Crippen molar-refractivity contribution in [3.63, 3.8) is 0 Å². The third-order valence-electron chi connectivity index (χ3n) is 2.79. The number of halogens is 2. The molecule has 108 valence electrons. The van der Waals surface area contributed by atoms with Gasteiger partial charge in [-0.1, -0.05) is 18.5 Å². The Kier molecular flexibility index (Phi) is 5.73. The maximum atomic E-state index is 13.3. The lowest BCUT2D eigenvalue weighted by atomic mass is 10.2. The summed E-state index contributed by atoms with van der Waals surface area (Å²) >= 11 is 5.78. The molecule has 0 saturated heterocycles. The summed E-state index contributed by atoms with van der Waals surface area (Å²) < 4.78 is 40.0. The van der Waals surface area contributed by atoms with Gasteiger partial charge in [-0.25, -0.2) is 17.5 Å². The molecule has 0 aliphatic rings. The van der Waals surface area contributed by atoms with Crippen molar-refractivity contribution in [2.75, 3.05) is 6.61 Å². The molecule has 0 aliphatic heterocycles. The van der Waals surface area contributed by atoms with E-state index in [1.54, 1.807) is 6.92 Å². The fraction of sp³-hybridized carbons (Fsp3) is 0.500. The first kappa shape index (κ1) is 16.4. The van der Waals surface area contributed by atoms with Gasteiger partial charge in [0.05, 0.1) is 5.02 Å². The summed E-state index contributed by atoms with van der Waals surface area (Å²) in [4.78, 5) is -0.149. The second-order valence-electron chi connectivity index (χ2n) is 4.27. The van der Waals surface area contributed by atoms with Crippen molar-refractivity contribution in [3.8, 4) is 0 Å². The summed E-state index contributed by atoms with van der Waals surface area (Å²) in [6, 6.07) is 1.81. The maximum absolute atomic E-state index is 13.3. The fourth-order valence-corrected chi connectivity index (χ4v) is 3.57. The minimum absolute atomic E-state index is 0.114. The van der Waals surface area contributed by atoms with Crippen LogP contribution in [0.1, 0.15) is 25.3 Å². The third-order valence-corrected chi connectivity index (χ3v) is 4.78. The van der Waals surface area contributed by atoms with Gasteiger partial charge < -0.3 is 5.11 Å². The van der Waals surface area contributed by atoms with Gasteiger partial charge in [0.15, 0.2) is 0 Å². The SMILES string of the molecule is CCC(CCO)NS(=O)(=O)c1cc(C)c(F)cc1Cl. The molecule has 0 saturated carbocycles. The Morgan fingerprint density at radius 1 is 1.47 bits per heavy atom. The van der Waals surface area contributed by atoms with E-state index in [2.05, 4.69) is 4.72 Å². The Hall–Kier alpha value is -0.690. The smallest absolute Gasteiger partial charge is 0.242 e. The highest BCUT2D eigenvalue weighted by Gasteiger charge is 2.22. The number of hydrogen-bond acceptors (Lipinski definition) is 3. The molecule has 1 atom stereocenters. The van der Waals surface area contributed by atoms with Gasteiger partial charge in [-0.05, 0) is 37.5 Å². The molecule has 4 nitrogen and oxygen atoms in total. The van der Waals surface area contributed by atoms with E-state index in [-0.39, 0.29) is 28.1 Å². The number of rotatable bonds is 6. The van der Waals surface area contributed by atoms with Crippen LogP contribution in [0.5, 0.6) is 0 Å². The van der Waals surface area contributed by atoms with Crippen LogP contribution in [0.2, 0.25) is 5.02 Å². The molecule has 0 aromatic heterocycles. The number of sulfonamides is 1. The first-order chi connectivity index (χ1) is 8.81. The normalized spacial score (nSPS) is 13.5. The molecule has 2 N–H and O–H groups in total. The molecular weight excluding hydrogens is 293 g/mol. The lowest BCUT2D eigenvalue weighted by Gasteiger charge is -2.17. The van der Waals surface area contributed by atoms with Gasteiger partial charge in [0, 0.05) is 12.6 Å². The van der Waals surface area contributed by atoms with E-state index in [0.717, 1.165) is 6.07 Å². The minimum Gasteiger partial charge on any atom is -0.396 e. The predicted molar refractivity (Wildman–Crippen MR) is 72.3 cm³/mol. The highest BCUT2D eigenvalue weighted by Crippen LogP contribution is 2.25. The van der Waals surface area contributed by atoms with Crippen LogP contribution in [-0.2, 0) is 10.0 Å². The number of benzene rings is 1. The molecule has 0 radical (unpaired) electrons. The fourth-order valence-electron chi connectivity index (χ4n) is 1.62. The van der Waals surface area contributed by atoms with Gasteiger partial charge in [0.1, 0.15) is 10.7 Å². The summed E-state index contributed by atoms with van der Waals surface area (Å²) in [6.07, 6.45) is 0.852. The van der Waals surface area contributed by atoms with Gasteiger partial charge in [-0.15, -0.1) is 0 Å². The molecule has 0 fully saturated rings. The Bertz CT molecular complexity index is 548. The molecule has 1 aromatic rings. The van der Waals surface area contributed by atoms with E-state index in [1.807, 2.05) is 0 Å². The minimum atomic E-state index is -3.82. The topological polar surface area (TPSA) is 66.4 Å². The highest BCUT2D eigenvalue weighted by atomic mass is 35.5. The zero-order valence-electron chi connectivity index (χ0n) is 10.8. The lowest BCUT2D eigenvalue weighted by molar-refractivity contribution is 0.270. The van der Waals surface area contributed by atoms with Gasteiger partial charge in [0.2, 0.25) is 10.0 Å². The number of aliphatic hydroxyl groups is 1. The zero-order chi connectivity index (χ0) is 14.6. The summed E-state index contributed by atoms with van der Waals surface area (Å²) in [5.41, 5.74) is 0.208. The van der Waals surface area contributed by atoms with E-state index in [0.29, 0.717) is 12.8 Å². The molecule has 0 amide bonds. The van der Waals surface area contributed by atoms with Crippen LogP contribution in [0.3, 0.4) is 0 Å². The second-order valence-corrected chi connectivity index (χ2v) is 6.36. The highest BCUT2D eigenvalue weighted by molar-refractivity contribution is 7.89. The van der Waals surface area contributed by atoms with E-state index in [4.69, 9.17) is 16.7 Å². The van der Waals surface area contributed by atoms with Crippen molar-refractivity contribution in [1.29, 1.82) is 0 Å². The molecule has 1 rings (SSSR count). The molecular formula is C12H17ClFNO3S. The van der Waals surface area contributed by atoms with E-state index < -0.39 is 15.8 Å². The van der Waals surface area contributed by atoms with Gasteiger partial charge >= 0.3 is 0 Å². The molecule has 7 heteroatoms. The monoisotopic (exact) mass is 309 g/mol. The van der Waals surface area contributed by atoms with Gasteiger partial charge in [-0.2, -0.15) is 0 Å². The Morgan fingerprint density at radius 2 is 2.11 bits per heavy atom. The van der Waals surface area contributed by atoms with Crippen LogP contribution in [0, 0.1) is 12.7 Å². The third kappa shape index (κ3) is 4.14. The number of hydrogen-bond donors (Lipinski definition) is 2. The summed E-state index contributed by atoms with van der Waals surface area (Å²) in [7, 11) is -3.82. The molecule has 0 aliphatic carbocycles. The van der Waals surface area contributed by atoms with Crippen LogP contribution in [0.25, 0.3) is 0 Å². The van der Waals surface area contributed by atoms with Crippen LogP contribution >= 0.6 is 11.6 Å². The average molecular weight is 310 g/mol. The van der Waals surface area contributed by atoms with Crippen LogP contribution in [0.15, 0.2) is 17.0 Å². The molecule has 0 spiro atoms. The van der Waals surface area contributed by atoms with Gasteiger partial charge in [-0.3, -0.25) is 0 Å². The molecule has 0 heterocycles. The van der Waals surface area contributed by atoms with Crippen molar-refractivity contribution in [1.82, 2.24) is 4.72 Å². The summed E-state index contributed by atoms with van der Waals surface area (Å²) in [5, 5.41) is 8.70. The van der Waals surface area contributed by atoms with Crippen molar-refractivity contribution >= 4 is 21.6 Å². The summed E-state index contributed by atoms with van der Waals surface area (Å²) in [6.45, 7) is 3.16. The second kappa shape index (κ2) is 6.65. The molecule has 1 unspecified atom stereocenters. The van der Waals surface area contributed by atoms with Crippen molar-refractivity contribution in [3.05, 3.63) is 28.5 Å². The number of aryl methyl sites for hydroxylation is 1. The Balaban J connectivity index is 3.10. The van der Waals surface area contributed by atoms with Crippen molar-refractivity contribution in [2.45, 2.75) is 37.6 Å². The zero-order valence-corrected chi connectivity index (χ0v) is 12.4. The van der Waals surface area contributed by atoms with E-state index in [1.165, 1.54) is 13.0 Å². The van der Waals surface area contributed by atoms with Crippen LogP contribution < -0.4 is 4.72 Å². The van der Waals surface area contributed by atoms with Crippen LogP contribution in [0.4, 0.5) is 4.39 Å². The molecule has 0 bridgehead atoms. The van der Waals surface area contributed by atoms with Crippen molar-refractivity contribution < 1.29 is 17.9 Å². The molecule has 19 heavy (non-hydrogen) atoms.